The van der Waals surface area contributed by atoms with Crippen molar-refractivity contribution in [2.24, 2.45) is 7.05 Å². The van der Waals surface area contributed by atoms with E-state index in [9.17, 15) is 4.79 Å². The van der Waals surface area contributed by atoms with Gasteiger partial charge < -0.3 is 18.6 Å². The van der Waals surface area contributed by atoms with Crippen molar-refractivity contribution in [3.05, 3.63) is 46.6 Å². The van der Waals surface area contributed by atoms with Gasteiger partial charge in [-0.1, -0.05) is 0 Å². The zero-order chi connectivity index (χ0) is 14.1. The van der Waals surface area contributed by atoms with Gasteiger partial charge in [-0.25, -0.2) is 0 Å². The maximum absolute atomic E-state index is 12.6. The van der Waals surface area contributed by atoms with E-state index in [0.717, 1.165) is 5.69 Å². The highest BCUT2D eigenvalue weighted by atomic mass is 79.9. The molecule has 1 amide bonds. The Morgan fingerprint density at radius 1 is 1.40 bits per heavy atom. The zero-order valence-corrected chi connectivity index (χ0v) is 12.7. The first-order chi connectivity index (χ1) is 9.66. The fourth-order valence-corrected chi connectivity index (χ4v) is 2.79. The van der Waals surface area contributed by atoms with Crippen LogP contribution in [0, 0.1) is 0 Å². The molecule has 0 unspecified atom stereocenters. The molecular weight excluding hydrogens is 324 g/mol. The van der Waals surface area contributed by atoms with E-state index in [1.807, 2.05) is 34.8 Å². The average molecular weight is 339 g/mol. The van der Waals surface area contributed by atoms with Gasteiger partial charge in [0.15, 0.2) is 10.4 Å². The molecule has 2 aromatic rings. The van der Waals surface area contributed by atoms with E-state index in [2.05, 4.69) is 15.9 Å². The highest BCUT2D eigenvalue weighted by Gasteiger charge is 2.32. The van der Waals surface area contributed by atoms with Crippen molar-refractivity contribution < 1.29 is 13.9 Å². The van der Waals surface area contributed by atoms with Crippen LogP contribution in [0.4, 0.5) is 0 Å². The Bertz CT molecular complexity index is 619. The number of furan rings is 1. The molecule has 0 aliphatic carbocycles. The predicted molar refractivity (Wildman–Crippen MR) is 76.4 cm³/mol. The monoisotopic (exact) mass is 338 g/mol. The van der Waals surface area contributed by atoms with E-state index in [-0.39, 0.29) is 11.9 Å². The van der Waals surface area contributed by atoms with Crippen molar-refractivity contribution in [3.63, 3.8) is 0 Å². The summed E-state index contributed by atoms with van der Waals surface area (Å²) in [6.45, 7) is 1.62. The molecule has 20 heavy (non-hydrogen) atoms. The van der Waals surface area contributed by atoms with Crippen LogP contribution < -0.4 is 0 Å². The molecule has 106 valence electrons. The summed E-state index contributed by atoms with van der Waals surface area (Å²) in [5.41, 5.74) is 1.06. The number of morpholine rings is 1. The second kappa shape index (κ2) is 5.46. The average Bonchev–Trinajstić information content (AvgIpc) is 3.07. The topological polar surface area (TPSA) is 47.6 Å². The SMILES string of the molecule is Cn1cccc1[C@H]1COCCN1C(=O)c1ccc(Br)o1. The molecule has 0 radical (unpaired) electrons. The third-order valence-corrected chi connectivity index (χ3v) is 3.92. The van der Waals surface area contributed by atoms with Crippen molar-refractivity contribution >= 4 is 21.8 Å². The minimum absolute atomic E-state index is 0.0832. The van der Waals surface area contributed by atoms with Crippen LogP contribution in [0.15, 0.2) is 39.5 Å². The number of nitrogens with zero attached hydrogens (tertiary/aromatic N) is 2. The van der Waals surface area contributed by atoms with Crippen molar-refractivity contribution in [2.75, 3.05) is 19.8 Å². The van der Waals surface area contributed by atoms with Gasteiger partial charge >= 0.3 is 0 Å². The number of halogens is 1. The van der Waals surface area contributed by atoms with Crippen molar-refractivity contribution in [3.8, 4) is 0 Å². The summed E-state index contributed by atoms with van der Waals surface area (Å²) in [6.07, 6.45) is 1.97. The van der Waals surface area contributed by atoms with E-state index in [0.29, 0.717) is 30.2 Å². The maximum Gasteiger partial charge on any atom is 0.290 e. The van der Waals surface area contributed by atoms with Gasteiger partial charge in [-0.05, 0) is 40.2 Å². The molecular formula is C14H15BrN2O3. The Labute approximate surface area is 125 Å². The van der Waals surface area contributed by atoms with Gasteiger partial charge in [0.2, 0.25) is 0 Å². The Balaban J connectivity index is 1.89. The molecule has 1 fully saturated rings. The lowest BCUT2D eigenvalue weighted by molar-refractivity contribution is -0.00622. The Morgan fingerprint density at radius 3 is 2.90 bits per heavy atom. The molecule has 1 aliphatic rings. The lowest BCUT2D eigenvalue weighted by Gasteiger charge is -2.35. The zero-order valence-electron chi connectivity index (χ0n) is 11.1. The molecule has 3 heterocycles. The van der Waals surface area contributed by atoms with E-state index < -0.39 is 0 Å². The largest absolute Gasteiger partial charge is 0.444 e. The minimum atomic E-state index is -0.106. The Kier molecular flexibility index (Phi) is 3.67. The lowest BCUT2D eigenvalue weighted by atomic mass is 10.1. The summed E-state index contributed by atoms with van der Waals surface area (Å²) in [5.74, 6) is 0.239. The van der Waals surface area contributed by atoms with Gasteiger partial charge in [0.25, 0.3) is 5.91 Å². The number of hydrogen-bond donors (Lipinski definition) is 0. The molecule has 0 N–H and O–H groups in total. The van der Waals surface area contributed by atoms with Crippen LogP contribution in [0.2, 0.25) is 0 Å². The third-order valence-electron chi connectivity index (χ3n) is 3.50. The van der Waals surface area contributed by atoms with Crippen LogP contribution in [0.3, 0.4) is 0 Å². The van der Waals surface area contributed by atoms with Crippen molar-refractivity contribution in [2.45, 2.75) is 6.04 Å². The number of carbonyl (C=O) groups is 1. The first kappa shape index (κ1) is 13.5. The lowest BCUT2D eigenvalue weighted by Crippen LogP contribution is -2.43. The number of hydrogen-bond acceptors (Lipinski definition) is 3. The smallest absolute Gasteiger partial charge is 0.290 e. The van der Waals surface area contributed by atoms with Gasteiger partial charge in [-0.15, -0.1) is 0 Å². The highest BCUT2D eigenvalue weighted by molar-refractivity contribution is 9.10. The molecule has 0 bridgehead atoms. The standard InChI is InChI=1S/C14H15BrN2O3/c1-16-6-2-3-10(16)11-9-19-8-7-17(11)14(18)12-4-5-13(15)20-12/h2-6,11H,7-9H2,1H3/t11-/m1/s1. The predicted octanol–water partition coefficient (Wildman–Crippen LogP) is 2.59. The maximum atomic E-state index is 12.6. The van der Waals surface area contributed by atoms with E-state index in [1.54, 1.807) is 12.1 Å². The van der Waals surface area contributed by atoms with Crippen LogP contribution in [0.5, 0.6) is 0 Å². The third kappa shape index (κ3) is 2.41. The first-order valence-corrected chi connectivity index (χ1v) is 7.21. The van der Waals surface area contributed by atoms with E-state index >= 15 is 0 Å². The summed E-state index contributed by atoms with van der Waals surface area (Å²) in [5, 5.41) is 0. The fourth-order valence-electron chi connectivity index (χ4n) is 2.48. The second-order valence-electron chi connectivity index (χ2n) is 4.74. The van der Waals surface area contributed by atoms with E-state index in [4.69, 9.17) is 9.15 Å². The summed E-state index contributed by atoms with van der Waals surface area (Å²) in [4.78, 5) is 14.4. The molecule has 5 nitrogen and oxygen atoms in total. The molecule has 0 saturated carbocycles. The van der Waals surface area contributed by atoms with Gasteiger partial charge in [-0.3, -0.25) is 4.79 Å². The number of amides is 1. The first-order valence-electron chi connectivity index (χ1n) is 6.42. The summed E-state index contributed by atoms with van der Waals surface area (Å²) < 4.78 is 13.5. The number of carbonyl (C=O) groups excluding carboxylic acids is 1. The fraction of sp³-hybridized carbons (Fsp3) is 0.357. The van der Waals surface area contributed by atoms with Crippen LogP contribution >= 0.6 is 15.9 Å². The van der Waals surface area contributed by atoms with Crippen LogP contribution in [0.1, 0.15) is 22.3 Å². The minimum Gasteiger partial charge on any atom is -0.444 e. The quantitative estimate of drug-likeness (QED) is 0.845. The van der Waals surface area contributed by atoms with Crippen LogP contribution in [0.25, 0.3) is 0 Å². The van der Waals surface area contributed by atoms with Crippen molar-refractivity contribution in [1.82, 2.24) is 9.47 Å². The Hall–Kier alpha value is -1.53. The molecule has 1 saturated heterocycles. The molecule has 0 spiro atoms. The van der Waals surface area contributed by atoms with Gasteiger partial charge in [0.1, 0.15) is 0 Å². The number of aromatic nitrogens is 1. The van der Waals surface area contributed by atoms with Crippen molar-refractivity contribution in [1.29, 1.82) is 0 Å². The molecule has 2 aromatic heterocycles. The molecule has 1 aliphatic heterocycles. The summed E-state index contributed by atoms with van der Waals surface area (Å²) in [6, 6.07) is 7.31. The number of ether oxygens (including phenoxy) is 1. The molecule has 0 aromatic carbocycles. The molecule has 1 atom stereocenters. The Morgan fingerprint density at radius 2 is 2.25 bits per heavy atom. The normalized spacial score (nSPS) is 19.3. The number of rotatable bonds is 2. The van der Waals surface area contributed by atoms with Gasteiger partial charge in [0, 0.05) is 25.5 Å². The van der Waals surface area contributed by atoms with E-state index in [1.165, 1.54) is 0 Å². The van der Waals surface area contributed by atoms with Crippen LogP contribution in [-0.2, 0) is 11.8 Å². The summed E-state index contributed by atoms with van der Waals surface area (Å²) in [7, 11) is 1.97. The number of aryl methyl sites for hydroxylation is 1. The molecule has 3 rings (SSSR count). The second-order valence-corrected chi connectivity index (χ2v) is 5.52. The molecule has 6 heteroatoms. The summed E-state index contributed by atoms with van der Waals surface area (Å²) >= 11 is 3.22. The van der Waals surface area contributed by atoms with Gasteiger partial charge in [0.05, 0.1) is 19.3 Å². The van der Waals surface area contributed by atoms with Gasteiger partial charge in [-0.2, -0.15) is 0 Å². The highest BCUT2D eigenvalue weighted by Crippen LogP contribution is 2.27. The van der Waals surface area contributed by atoms with Crippen LogP contribution in [-0.4, -0.2) is 35.1 Å².